The monoisotopic (exact) mass is 653 g/mol. The second-order valence-corrected chi connectivity index (χ2v) is 17.2. The van der Waals surface area contributed by atoms with Gasteiger partial charge in [0.05, 0.1) is 29.7 Å². The van der Waals surface area contributed by atoms with Crippen molar-refractivity contribution in [3.8, 4) is 0 Å². The highest BCUT2D eigenvalue weighted by Crippen LogP contribution is 2.60. The van der Waals surface area contributed by atoms with Crippen molar-refractivity contribution in [2.45, 2.75) is 76.0 Å². The minimum absolute atomic E-state index is 0.0131. The van der Waals surface area contributed by atoms with E-state index in [-0.39, 0.29) is 25.0 Å². The highest BCUT2D eigenvalue weighted by Gasteiger charge is 2.66. The van der Waals surface area contributed by atoms with Gasteiger partial charge in [0.1, 0.15) is 0 Å². The first kappa shape index (κ1) is 31.4. The summed E-state index contributed by atoms with van der Waals surface area (Å²) in [5.74, 6) is -0.541. The summed E-state index contributed by atoms with van der Waals surface area (Å²) in [5, 5.41) is 17.5. The number of aliphatic hydroxyl groups is 1. The number of anilines is 3. The number of rotatable bonds is 9. The number of carbonyl (C=O) groups excluding carboxylic acids is 2. The van der Waals surface area contributed by atoms with Gasteiger partial charge in [0, 0.05) is 54.9 Å². The van der Waals surface area contributed by atoms with Gasteiger partial charge in [-0.1, -0.05) is 60.7 Å². The molecule has 0 bridgehead atoms. The average molecular weight is 654 g/mol. The van der Waals surface area contributed by atoms with Crippen LogP contribution in [0.4, 0.5) is 21.2 Å². The van der Waals surface area contributed by atoms with Gasteiger partial charge in [-0.15, -0.1) is 5.10 Å². The lowest BCUT2D eigenvalue weighted by atomic mass is 9.82. The molecule has 3 aromatic carbocycles. The Kier molecular flexibility index (Phi) is 8.10. The number of carbonyl (C=O) groups is 2. The second-order valence-electron chi connectivity index (χ2n) is 13.4. The molecular weight excluding hydrogens is 614 g/mol. The predicted molar refractivity (Wildman–Crippen MR) is 179 cm³/mol. The number of hydrogen-bond donors (Lipinski definition) is 1. The zero-order valence-corrected chi connectivity index (χ0v) is 28.0. The Morgan fingerprint density at radius 2 is 1.79 bits per heavy atom. The third kappa shape index (κ3) is 5.40. The number of aromatic nitrogens is 3. The minimum Gasteiger partial charge on any atom is -0.396 e. The number of amides is 2. The van der Waals surface area contributed by atoms with E-state index in [1.165, 1.54) is 0 Å². The Morgan fingerprint density at radius 3 is 2.57 bits per heavy atom. The summed E-state index contributed by atoms with van der Waals surface area (Å²) < 4.78 is 24.8. The number of hydrogen-bond acceptors (Lipinski definition) is 6. The van der Waals surface area contributed by atoms with E-state index in [4.69, 9.17) is 4.74 Å². The van der Waals surface area contributed by atoms with Crippen LogP contribution in [-0.4, -0.2) is 53.0 Å². The summed E-state index contributed by atoms with van der Waals surface area (Å²) in [6.45, 7) is 6.09. The molecule has 0 unspecified atom stereocenters. The van der Waals surface area contributed by atoms with Crippen LogP contribution in [0.25, 0.3) is 0 Å². The molecule has 7 rings (SSSR count). The van der Waals surface area contributed by atoms with E-state index in [2.05, 4.69) is 16.4 Å². The molecule has 0 radical (unpaired) electrons. The van der Waals surface area contributed by atoms with Crippen LogP contribution >= 0.6 is 0 Å². The maximum Gasteiger partial charge on any atom is 0.264 e. The Labute approximate surface area is 275 Å². The van der Waals surface area contributed by atoms with Gasteiger partial charge in [0.2, 0.25) is 14.3 Å². The van der Waals surface area contributed by atoms with Crippen LogP contribution in [0.15, 0.2) is 79.0 Å². The van der Waals surface area contributed by atoms with E-state index in [0.29, 0.717) is 37.9 Å². The van der Waals surface area contributed by atoms with Crippen LogP contribution in [0.3, 0.4) is 0 Å². The maximum atomic E-state index is 16.2. The quantitative estimate of drug-likeness (QED) is 0.180. The molecule has 1 fully saturated rings. The largest absolute Gasteiger partial charge is 0.396 e. The number of para-hydroxylation sites is 2. The van der Waals surface area contributed by atoms with E-state index in [1.54, 1.807) is 33.8 Å². The number of ether oxygens (including phenoxy) is 1. The van der Waals surface area contributed by atoms with Crippen LogP contribution in [0, 0.1) is 5.92 Å². The third-order valence-corrected chi connectivity index (χ3v) is 12.5. The average Bonchev–Trinajstić information content (AvgIpc) is 3.70. The van der Waals surface area contributed by atoms with Gasteiger partial charge in [-0.3, -0.25) is 19.2 Å². The van der Waals surface area contributed by atoms with E-state index in [9.17, 15) is 14.7 Å². The first-order valence-electron chi connectivity index (χ1n) is 16.4. The van der Waals surface area contributed by atoms with Crippen molar-refractivity contribution in [3.05, 3.63) is 101 Å². The van der Waals surface area contributed by atoms with Crippen molar-refractivity contribution in [1.82, 2.24) is 15.0 Å². The number of aryl methyl sites for hydroxylation is 2. The lowest BCUT2D eigenvalue weighted by molar-refractivity contribution is -0.146. The van der Waals surface area contributed by atoms with Crippen molar-refractivity contribution in [3.63, 3.8) is 0 Å². The molecule has 1 spiro atoms. The van der Waals surface area contributed by atoms with Gasteiger partial charge in [0.25, 0.3) is 5.91 Å². The zero-order valence-electron chi connectivity index (χ0n) is 27.0. The molecule has 0 saturated carbocycles. The molecule has 3 aliphatic rings. The van der Waals surface area contributed by atoms with Crippen LogP contribution in [0.1, 0.15) is 42.1 Å². The number of halogens is 1. The van der Waals surface area contributed by atoms with Crippen molar-refractivity contribution in [2.24, 2.45) is 5.92 Å². The van der Waals surface area contributed by atoms with Gasteiger partial charge in [-0.05, 0) is 61.3 Å². The first-order valence-corrected chi connectivity index (χ1v) is 19.3. The van der Waals surface area contributed by atoms with Crippen molar-refractivity contribution in [1.29, 1.82) is 0 Å². The fraction of sp³-hybridized carbons (Fsp3) is 0.389. The molecule has 244 valence electrons. The summed E-state index contributed by atoms with van der Waals surface area (Å²) in [7, 11) is -3.31. The molecule has 4 aromatic rings. The van der Waals surface area contributed by atoms with E-state index in [1.807, 2.05) is 73.7 Å². The van der Waals surface area contributed by atoms with Crippen molar-refractivity contribution < 1.29 is 23.5 Å². The van der Waals surface area contributed by atoms with Crippen molar-refractivity contribution in [2.75, 3.05) is 16.4 Å². The third-order valence-electron chi connectivity index (χ3n) is 10.1. The van der Waals surface area contributed by atoms with E-state index in [0.717, 1.165) is 33.8 Å². The summed E-state index contributed by atoms with van der Waals surface area (Å²) >= 11 is 0. The predicted octanol–water partition coefficient (Wildman–Crippen LogP) is 5.84. The van der Waals surface area contributed by atoms with Crippen LogP contribution < -0.4 is 9.80 Å². The normalized spacial score (nSPS) is 23.9. The molecule has 11 heteroatoms. The summed E-state index contributed by atoms with van der Waals surface area (Å²) in [6, 6.07) is 23.5. The summed E-state index contributed by atoms with van der Waals surface area (Å²) in [6.07, 6.45) is 3.34. The fourth-order valence-corrected chi connectivity index (χ4v) is 10.6. The molecule has 1 aromatic heterocycles. The van der Waals surface area contributed by atoms with Crippen LogP contribution in [-0.2, 0) is 45.9 Å². The smallest absolute Gasteiger partial charge is 0.264 e. The number of aliphatic hydroxyl groups excluding tert-OH is 1. The summed E-state index contributed by atoms with van der Waals surface area (Å²) in [4.78, 5) is 31.4. The highest BCUT2D eigenvalue weighted by atomic mass is 28.4. The molecular formula is C36H40FN5O4Si. The highest BCUT2D eigenvalue weighted by molar-refractivity contribution is 6.72. The molecule has 2 amide bonds. The van der Waals surface area contributed by atoms with E-state index < -0.39 is 31.6 Å². The first-order chi connectivity index (χ1) is 22.6. The molecule has 9 nitrogen and oxygen atoms in total. The van der Waals surface area contributed by atoms with Crippen LogP contribution in [0.5, 0.6) is 0 Å². The SMILES string of the molecule is C[C@@H]1[C@@H]([Si](C)(C)F)[C@H](CCn2cc(CCO)nn2)O[C@@]12C(=O)N(Cc1cccc(N3C(=O)CCc4ccccc43)c1)c1ccccc12. The minimum atomic E-state index is -3.31. The topological polar surface area (TPSA) is 101 Å². The number of nitrogens with zero attached hydrogens (tertiary/aromatic N) is 5. The molecule has 47 heavy (non-hydrogen) atoms. The molecule has 1 N–H and O–H groups in total. The standard InChI is InChI=1S/C36H40FN5O4Si/c1-24-34(47(2,3)37)32(17-19-40-23-27(18-20-43)38-39-40)46-36(24)29-12-5-7-14-31(29)41(35(36)45)22-25-9-8-11-28(21-25)42-30-13-6-4-10-26(30)15-16-33(42)44/h4-14,21,23-24,32,34,43H,15-20,22H2,1-3H3/t24-,32+,34-,36+/m1/s1. The van der Waals surface area contributed by atoms with Gasteiger partial charge in [-0.2, -0.15) is 0 Å². The fourth-order valence-electron chi connectivity index (χ4n) is 8.05. The van der Waals surface area contributed by atoms with Gasteiger partial charge < -0.3 is 18.9 Å². The second kappa shape index (κ2) is 12.1. The van der Waals surface area contributed by atoms with Gasteiger partial charge >= 0.3 is 0 Å². The molecule has 3 aliphatic heterocycles. The lowest BCUT2D eigenvalue weighted by Gasteiger charge is -2.31. The Bertz CT molecular complexity index is 1820. The van der Waals surface area contributed by atoms with Crippen LogP contribution in [0.2, 0.25) is 18.6 Å². The Morgan fingerprint density at radius 1 is 1.02 bits per heavy atom. The summed E-state index contributed by atoms with van der Waals surface area (Å²) in [5.41, 5.74) is 4.15. The lowest BCUT2D eigenvalue weighted by Crippen LogP contribution is -2.45. The molecule has 4 heterocycles. The van der Waals surface area contributed by atoms with Crippen molar-refractivity contribution >= 4 is 37.3 Å². The Hall–Kier alpha value is -4.19. The number of fused-ring (bicyclic) bond motifs is 3. The maximum absolute atomic E-state index is 16.2. The van der Waals surface area contributed by atoms with Gasteiger partial charge in [0.15, 0.2) is 5.60 Å². The molecule has 1 saturated heterocycles. The molecule has 4 atom stereocenters. The zero-order chi connectivity index (χ0) is 32.9. The number of benzene rings is 3. The Balaban J connectivity index is 1.20. The van der Waals surface area contributed by atoms with Gasteiger partial charge in [-0.25, -0.2) is 0 Å². The molecule has 0 aliphatic carbocycles. The van der Waals surface area contributed by atoms with E-state index >= 15 is 4.11 Å².